The topological polar surface area (TPSA) is 22.8 Å². The van der Waals surface area contributed by atoms with E-state index in [1.165, 1.54) is 109 Å². The second-order valence-electron chi connectivity index (χ2n) is 15.1. The Morgan fingerprint density at radius 2 is 0.982 bits per heavy atom. The smallest absolute Gasteiger partial charge is 0.145 e. The molecule has 56 heavy (non-hydrogen) atoms. The third-order valence-electron chi connectivity index (χ3n) is 12.2. The van der Waals surface area contributed by atoms with Crippen LogP contribution in [0, 0.1) is 0 Å². The van der Waals surface area contributed by atoms with Crippen molar-refractivity contribution in [1.29, 1.82) is 0 Å². The highest BCUT2D eigenvalue weighted by Crippen LogP contribution is 2.48. The van der Waals surface area contributed by atoms with Crippen LogP contribution in [-0.2, 0) is 0 Å². The lowest BCUT2D eigenvalue weighted by Crippen LogP contribution is -1.99. The van der Waals surface area contributed by atoms with Crippen LogP contribution in [0.25, 0.3) is 121 Å². The molecular weight excluding hydrogens is 679 g/mol. The van der Waals surface area contributed by atoms with Gasteiger partial charge >= 0.3 is 0 Å². The Bertz CT molecular complexity index is 3610. The summed E-state index contributed by atoms with van der Waals surface area (Å²) in [5, 5.41) is 12.4. The largest absolute Gasteiger partial charge is 0.309 e. The van der Waals surface area contributed by atoms with Crippen molar-refractivity contribution >= 4 is 75.9 Å². The molecule has 0 saturated carbocycles. The van der Waals surface area contributed by atoms with E-state index in [0.717, 1.165) is 11.3 Å². The van der Waals surface area contributed by atoms with Gasteiger partial charge in [-0.2, -0.15) is 0 Å². The number of rotatable bonds is 3. The molecule has 3 heterocycles. The highest BCUT2D eigenvalue weighted by atomic mass is 15.1. The molecule has 0 fully saturated rings. The zero-order valence-electron chi connectivity index (χ0n) is 30.2. The number of hydrogen-bond donors (Lipinski definition) is 0. The maximum atomic E-state index is 5.23. The Hall–Kier alpha value is -7.49. The minimum Gasteiger partial charge on any atom is -0.309 e. The summed E-state index contributed by atoms with van der Waals surface area (Å²) in [5.41, 5.74) is 13.4. The minimum atomic E-state index is 0.970. The third kappa shape index (κ3) is 3.98. The van der Waals surface area contributed by atoms with Crippen LogP contribution in [-0.4, -0.2) is 14.1 Å². The van der Waals surface area contributed by atoms with E-state index in [2.05, 4.69) is 197 Å². The van der Waals surface area contributed by atoms with Gasteiger partial charge in [0.1, 0.15) is 5.82 Å². The Labute approximate surface area is 321 Å². The third-order valence-corrected chi connectivity index (χ3v) is 12.2. The van der Waals surface area contributed by atoms with Gasteiger partial charge in [-0.3, -0.25) is 4.57 Å². The fourth-order valence-corrected chi connectivity index (χ4v) is 9.80. The van der Waals surface area contributed by atoms with Crippen molar-refractivity contribution in [3.63, 3.8) is 0 Å². The average molecular weight is 710 g/mol. The maximum absolute atomic E-state index is 5.23. The van der Waals surface area contributed by atoms with Crippen molar-refractivity contribution < 1.29 is 0 Å². The summed E-state index contributed by atoms with van der Waals surface area (Å²) in [5.74, 6) is 0.970. The van der Waals surface area contributed by atoms with Gasteiger partial charge in [0.25, 0.3) is 0 Å². The molecule has 12 aromatic rings. The van der Waals surface area contributed by atoms with Crippen LogP contribution in [0.4, 0.5) is 0 Å². The molecule has 3 nitrogen and oxygen atoms in total. The highest BCUT2D eigenvalue weighted by Gasteiger charge is 2.25. The van der Waals surface area contributed by atoms with Crippen LogP contribution in [0.15, 0.2) is 188 Å². The number of para-hydroxylation sites is 3. The van der Waals surface area contributed by atoms with Gasteiger partial charge in [-0.1, -0.05) is 127 Å². The standard InChI is InChI=1S/C53H31N3/c1-2-11-37(12-3-1)55-48-20-9-7-16-43(48)52-38-25-23-33(27-35(38)24-26-49(52)55)32-21-22-34-30-50-45(29-36(34)28-32)41-15-6-8-19-47(41)56(50)53-44-18-10-17-42-39-13-4-5-14-40(39)46(31-54-53)51(42)44/h1-31H. The lowest BCUT2D eigenvalue weighted by atomic mass is 9.96. The van der Waals surface area contributed by atoms with Gasteiger partial charge in [0.15, 0.2) is 0 Å². The van der Waals surface area contributed by atoms with E-state index in [0.29, 0.717) is 0 Å². The van der Waals surface area contributed by atoms with Crippen molar-refractivity contribution in [1.82, 2.24) is 14.1 Å². The summed E-state index contributed by atoms with van der Waals surface area (Å²) >= 11 is 0. The maximum Gasteiger partial charge on any atom is 0.145 e. The molecule has 0 radical (unpaired) electrons. The fraction of sp³-hybridized carbons (Fsp3) is 0. The Morgan fingerprint density at radius 1 is 0.321 bits per heavy atom. The predicted octanol–water partition coefficient (Wildman–Crippen LogP) is 14.0. The summed E-state index contributed by atoms with van der Waals surface area (Å²) in [4.78, 5) is 5.23. The van der Waals surface area contributed by atoms with Crippen LogP contribution in [0.1, 0.15) is 0 Å². The summed E-state index contributed by atoms with van der Waals surface area (Å²) in [6.07, 6.45) is 2.08. The zero-order chi connectivity index (χ0) is 36.5. The Balaban J connectivity index is 0.977. The van der Waals surface area contributed by atoms with E-state index in [-0.39, 0.29) is 0 Å². The molecule has 1 aliphatic carbocycles. The number of nitrogens with zero attached hydrogens (tertiary/aromatic N) is 3. The quantitative estimate of drug-likeness (QED) is 0.179. The van der Waals surface area contributed by atoms with Crippen LogP contribution < -0.4 is 0 Å². The Kier molecular flexibility index (Phi) is 5.89. The SMILES string of the molecule is c1ccc(-n2c3ccccc3c3c4ccc(-c5ccc6cc7c(cc6c5)c5ccccc5n7-c5ncc6c7c(cccc57)-c5ccccc5-6)cc4ccc32)cc1. The van der Waals surface area contributed by atoms with Crippen molar-refractivity contribution in [3.05, 3.63) is 188 Å². The van der Waals surface area contributed by atoms with Gasteiger partial charge in [-0.05, 0) is 104 Å². The van der Waals surface area contributed by atoms with E-state index in [4.69, 9.17) is 4.98 Å². The second-order valence-corrected chi connectivity index (χ2v) is 15.1. The molecular formula is C53H31N3. The summed E-state index contributed by atoms with van der Waals surface area (Å²) in [6, 6.07) is 66.8. The van der Waals surface area contributed by atoms with Gasteiger partial charge in [0.05, 0.1) is 22.1 Å². The van der Waals surface area contributed by atoms with E-state index in [1.54, 1.807) is 0 Å². The molecule has 0 aliphatic heterocycles. The molecule has 9 aromatic carbocycles. The normalized spacial score (nSPS) is 12.3. The molecule has 0 saturated heterocycles. The van der Waals surface area contributed by atoms with Gasteiger partial charge in [0, 0.05) is 49.8 Å². The molecule has 0 N–H and O–H groups in total. The van der Waals surface area contributed by atoms with E-state index >= 15 is 0 Å². The second kappa shape index (κ2) is 11.0. The van der Waals surface area contributed by atoms with Crippen LogP contribution in [0.2, 0.25) is 0 Å². The van der Waals surface area contributed by atoms with Gasteiger partial charge in [-0.25, -0.2) is 4.98 Å². The lowest BCUT2D eigenvalue weighted by Gasteiger charge is -2.12. The van der Waals surface area contributed by atoms with E-state index in [9.17, 15) is 0 Å². The molecule has 13 rings (SSSR count). The van der Waals surface area contributed by atoms with Gasteiger partial charge in [0.2, 0.25) is 0 Å². The highest BCUT2D eigenvalue weighted by molar-refractivity contribution is 6.22. The molecule has 3 heteroatoms. The molecule has 0 atom stereocenters. The first-order valence-corrected chi connectivity index (χ1v) is 19.3. The minimum absolute atomic E-state index is 0.970. The van der Waals surface area contributed by atoms with Crippen LogP contribution in [0.3, 0.4) is 0 Å². The van der Waals surface area contributed by atoms with Crippen molar-refractivity contribution in [2.75, 3.05) is 0 Å². The van der Waals surface area contributed by atoms with Crippen LogP contribution in [0.5, 0.6) is 0 Å². The fourth-order valence-electron chi connectivity index (χ4n) is 9.80. The number of aromatic nitrogens is 3. The first-order valence-electron chi connectivity index (χ1n) is 19.3. The summed E-state index contributed by atoms with van der Waals surface area (Å²) < 4.78 is 4.77. The zero-order valence-corrected chi connectivity index (χ0v) is 30.2. The molecule has 0 unspecified atom stereocenters. The number of pyridine rings is 1. The lowest BCUT2D eigenvalue weighted by molar-refractivity contribution is 1.10. The number of hydrogen-bond acceptors (Lipinski definition) is 1. The summed E-state index contributed by atoms with van der Waals surface area (Å²) in [6.45, 7) is 0. The number of benzene rings is 9. The first kappa shape index (κ1) is 29.9. The van der Waals surface area contributed by atoms with Gasteiger partial charge in [-0.15, -0.1) is 0 Å². The predicted molar refractivity (Wildman–Crippen MR) is 235 cm³/mol. The van der Waals surface area contributed by atoms with E-state index in [1.807, 2.05) is 0 Å². The van der Waals surface area contributed by atoms with Crippen molar-refractivity contribution in [2.45, 2.75) is 0 Å². The molecule has 3 aromatic heterocycles. The van der Waals surface area contributed by atoms with E-state index < -0.39 is 0 Å². The Morgan fingerprint density at radius 3 is 1.84 bits per heavy atom. The molecule has 0 amide bonds. The summed E-state index contributed by atoms with van der Waals surface area (Å²) in [7, 11) is 0. The molecule has 0 spiro atoms. The molecule has 258 valence electrons. The average Bonchev–Trinajstić information content (AvgIpc) is 3.89. The van der Waals surface area contributed by atoms with Gasteiger partial charge < -0.3 is 4.57 Å². The van der Waals surface area contributed by atoms with Crippen molar-refractivity contribution in [3.8, 4) is 44.9 Å². The first-order chi connectivity index (χ1) is 27.8. The van der Waals surface area contributed by atoms with Crippen molar-refractivity contribution in [2.24, 2.45) is 0 Å². The molecule has 1 aliphatic rings. The van der Waals surface area contributed by atoms with Crippen LogP contribution >= 0.6 is 0 Å². The monoisotopic (exact) mass is 709 g/mol. The molecule has 0 bridgehead atoms. The number of fused-ring (bicyclic) bond motifs is 12.